The number of nitrogens with zero attached hydrogens (tertiary/aromatic N) is 1. The highest BCUT2D eigenvalue weighted by Gasteiger charge is 2.22. The van der Waals surface area contributed by atoms with Crippen LogP contribution in [0.25, 0.3) is 0 Å². The van der Waals surface area contributed by atoms with Gasteiger partial charge in [-0.3, -0.25) is 4.90 Å². The van der Waals surface area contributed by atoms with Crippen molar-refractivity contribution in [3.63, 3.8) is 0 Å². The third-order valence-corrected chi connectivity index (χ3v) is 4.24. The average molecular weight is 252 g/mol. The highest BCUT2D eigenvalue weighted by molar-refractivity contribution is 7.99. The van der Waals surface area contributed by atoms with Gasteiger partial charge in [0, 0.05) is 42.9 Å². The maximum atomic E-state index is 9.09. The van der Waals surface area contributed by atoms with Gasteiger partial charge >= 0.3 is 0 Å². The van der Waals surface area contributed by atoms with Crippen LogP contribution in [0.1, 0.15) is 12.0 Å². The summed E-state index contributed by atoms with van der Waals surface area (Å²) in [4.78, 5) is 2.46. The normalized spacial score (nSPS) is 21.6. The van der Waals surface area contributed by atoms with Gasteiger partial charge in [0.25, 0.3) is 0 Å². The number of nitrogens with two attached hydrogens (primary N) is 1. The van der Waals surface area contributed by atoms with Gasteiger partial charge in [0.1, 0.15) is 0 Å². The molecule has 1 aliphatic heterocycles. The molecule has 0 aliphatic carbocycles. The minimum atomic E-state index is 0.276. The summed E-state index contributed by atoms with van der Waals surface area (Å²) < 4.78 is 0. The van der Waals surface area contributed by atoms with Crippen LogP contribution in [0.15, 0.2) is 24.3 Å². The number of benzene rings is 1. The van der Waals surface area contributed by atoms with E-state index in [0.717, 1.165) is 31.0 Å². The summed E-state index contributed by atoms with van der Waals surface area (Å²) in [6.45, 7) is 2.32. The topological polar surface area (TPSA) is 49.5 Å². The summed E-state index contributed by atoms with van der Waals surface area (Å²) in [5.41, 5.74) is 7.88. The standard InChI is InChI=1S/C13H20N2OS/c14-12-3-1-2-11(8-12)9-15-5-7-17-10-13(15)4-6-16/h1-3,8,13,16H,4-7,9-10,14H2. The molecule has 1 atom stereocenters. The molecule has 0 amide bonds. The minimum absolute atomic E-state index is 0.276. The maximum absolute atomic E-state index is 9.09. The Morgan fingerprint density at radius 3 is 3.12 bits per heavy atom. The first kappa shape index (κ1) is 12.7. The highest BCUT2D eigenvalue weighted by Crippen LogP contribution is 2.21. The third-order valence-electron chi connectivity index (χ3n) is 3.15. The van der Waals surface area contributed by atoms with Gasteiger partial charge in [-0.1, -0.05) is 12.1 Å². The molecule has 3 N–H and O–H groups in total. The fourth-order valence-corrected chi connectivity index (χ4v) is 3.42. The summed E-state index contributed by atoms with van der Waals surface area (Å²) in [6.07, 6.45) is 0.870. The van der Waals surface area contributed by atoms with E-state index in [1.807, 2.05) is 30.0 Å². The number of nitrogen functional groups attached to an aromatic ring is 1. The van der Waals surface area contributed by atoms with Crippen molar-refractivity contribution in [3.05, 3.63) is 29.8 Å². The Labute approximate surface area is 107 Å². The second-order valence-corrected chi connectivity index (χ2v) is 5.61. The molecule has 0 aromatic heterocycles. The summed E-state index contributed by atoms with van der Waals surface area (Å²) in [6, 6.07) is 8.58. The summed E-state index contributed by atoms with van der Waals surface area (Å²) >= 11 is 1.98. The van der Waals surface area contributed by atoms with E-state index in [0.29, 0.717) is 6.04 Å². The molecule has 0 spiro atoms. The van der Waals surface area contributed by atoms with Crippen molar-refractivity contribution in [1.29, 1.82) is 0 Å². The Hall–Kier alpha value is -0.710. The molecule has 1 saturated heterocycles. The number of hydrogen-bond donors (Lipinski definition) is 2. The second-order valence-electron chi connectivity index (χ2n) is 4.46. The number of rotatable bonds is 4. The minimum Gasteiger partial charge on any atom is -0.399 e. The first-order valence-electron chi connectivity index (χ1n) is 6.06. The van der Waals surface area contributed by atoms with Crippen LogP contribution in [0, 0.1) is 0 Å². The van der Waals surface area contributed by atoms with Crippen LogP contribution in [-0.4, -0.2) is 40.7 Å². The molecule has 1 aliphatic rings. The van der Waals surface area contributed by atoms with E-state index in [9.17, 15) is 0 Å². The third kappa shape index (κ3) is 3.63. The Morgan fingerprint density at radius 1 is 1.47 bits per heavy atom. The molecule has 2 rings (SSSR count). The van der Waals surface area contributed by atoms with Crippen LogP contribution in [0.3, 0.4) is 0 Å². The number of aliphatic hydroxyl groups excluding tert-OH is 1. The van der Waals surface area contributed by atoms with Crippen LogP contribution in [0.4, 0.5) is 5.69 Å². The zero-order chi connectivity index (χ0) is 12.1. The van der Waals surface area contributed by atoms with Crippen LogP contribution in [0.5, 0.6) is 0 Å². The van der Waals surface area contributed by atoms with Crippen molar-refractivity contribution in [2.24, 2.45) is 0 Å². The Bertz CT molecular complexity index is 357. The van der Waals surface area contributed by atoms with Crippen molar-refractivity contribution in [2.45, 2.75) is 19.0 Å². The maximum Gasteiger partial charge on any atom is 0.0446 e. The second kappa shape index (κ2) is 6.28. The molecule has 3 nitrogen and oxygen atoms in total. The van der Waals surface area contributed by atoms with Crippen LogP contribution >= 0.6 is 11.8 Å². The number of thioether (sulfide) groups is 1. The fraction of sp³-hybridized carbons (Fsp3) is 0.538. The van der Waals surface area contributed by atoms with Crippen molar-refractivity contribution in [2.75, 3.05) is 30.4 Å². The van der Waals surface area contributed by atoms with E-state index in [2.05, 4.69) is 11.0 Å². The summed E-state index contributed by atoms with van der Waals surface area (Å²) in [7, 11) is 0. The highest BCUT2D eigenvalue weighted by atomic mass is 32.2. The quantitative estimate of drug-likeness (QED) is 0.799. The van der Waals surface area contributed by atoms with Gasteiger partial charge in [-0.25, -0.2) is 0 Å². The first-order valence-corrected chi connectivity index (χ1v) is 7.22. The molecule has 1 unspecified atom stereocenters. The van der Waals surface area contributed by atoms with E-state index in [-0.39, 0.29) is 6.61 Å². The lowest BCUT2D eigenvalue weighted by Gasteiger charge is -2.35. The van der Waals surface area contributed by atoms with Gasteiger partial charge in [-0.2, -0.15) is 11.8 Å². The predicted octanol–water partition coefficient (Wildman–Crippen LogP) is 1.57. The predicted molar refractivity (Wildman–Crippen MR) is 74.1 cm³/mol. The SMILES string of the molecule is Nc1cccc(CN2CCSCC2CCO)c1. The number of anilines is 1. The molecule has 1 heterocycles. The Kier molecular flexibility index (Phi) is 4.71. The van der Waals surface area contributed by atoms with E-state index in [4.69, 9.17) is 10.8 Å². The van der Waals surface area contributed by atoms with Crippen molar-refractivity contribution < 1.29 is 5.11 Å². The molecule has 1 aromatic rings. The monoisotopic (exact) mass is 252 g/mol. The zero-order valence-corrected chi connectivity index (χ0v) is 10.8. The Balaban J connectivity index is 2.00. The molecular weight excluding hydrogens is 232 g/mol. The van der Waals surface area contributed by atoms with E-state index < -0.39 is 0 Å². The largest absolute Gasteiger partial charge is 0.399 e. The molecule has 0 saturated carbocycles. The van der Waals surface area contributed by atoms with Gasteiger partial charge in [0.2, 0.25) is 0 Å². The summed E-state index contributed by atoms with van der Waals surface area (Å²) in [5, 5.41) is 9.09. The fourth-order valence-electron chi connectivity index (χ4n) is 2.24. The molecule has 4 heteroatoms. The number of hydrogen-bond acceptors (Lipinski definition) is 4. The van der Waals surface area contributed by atoms with E-state index in [1.54, 1.807) is 0 Å². The van der Waals surface area contributed by atoms with Gasteiger partial charge in [0.05, 0.1) is 0 Å². The van der Waals surface area contributed by atoms with Crippen LogP contribution in [-0.2, 0) is 6.54 Å². The van der Waals surface area contributed by atoms with Gasteiger partial charge in [0.15, 0.2) is 0 Å². The van der Waals surface area contributed by atoms with Crippen molar-refractivity contribution in [1.82, 2.24) is 4.90 Å². The van der Waals surface area contributed by atoms with Gasteiger partial charge in [-0.15, -0.1) is 0 Å². The first-order chi connectivity index (χ1) is 8.29. The van der Waals surface area contributed by atoms with E-state index >= 15 is 0 Å². The molecule has 94 valence electrons. The van der Waals surface area contributed by atoms with Crippen molar-refractivity contribution in [3.8, 4) is 0 Å². The lowest BCUT2D eigenvalue weighted by atomic mass is 10.1. The smallest absolute Gasteiger partial charge is 0.0446 e. The van der Waals surface area contributed by atoms with Crippen LogP contribution in [0.2, 0.25) is 0 Å². The molecule has 1 aromatic carbocycles. The molecular formula is C13H20N2OS. The lowest BCUT2D eigenvalue weighted by Crippen LogP contribution is -2.42. The average Bonchev–Trinajstić information content (AvgIpc) is 2.32. The summed E-state index contributed by atoms with van der Waals surface area (Å²) in [5.74, 6) is 2.31. The lowest BCUT2D eigenvalue weighted by molar-refractivity contribution is 0.167. The molecule has 17 heavy (non-hydrogen) atoms. The van der Waals surface area contributed by atoms with Crippen molar-refractivity contribution >= 4 is 17.4 Å². The van der Waals surface area contributed by atoms with E-state index in [1.165, 1.54) is 11.3 Å². The zero-order valence-electron chi connectivity index (χ0n) is 10.0. The molecule has 1 fully saturated rings. The van der Waals surface area contributed by atoms with Crippen LogP contribution < -0.4 is 5.73 Å². The molecule has 0 radical (unpaired) electrons. The number of aliphatic hydroxyl groups is 1. The van der Waals surface area contributed by atoms with Gasteiger partial charge in [-0.05, 0) is 24.1 Å². The van der Waals surface area contributed by atoms with Gasteiger partial charge < -0.3 is 10.8 Å². The molecule has 0 bridgehead atoms. The Morgan fingerprint density at radius 2 is 2.35 bits per heavy atom.